The van der Waals surface area contributed by atoms with Crippen LogP contribution in [-0.4, -0.2) is 12.1 Å². The van der Waals surface area contributed by atoms with Crippen molar-refractivity contribution in [3.05, 3.63) is 276 Å². The van der Waals surface area contributed by atoms with Crippen molar-refractivity contribution in [1.82, 2.24) is 4.98 Å². The summed E-state index contributed by atoms with van der Waals surface area (Å²) < 4.78 is 23.5. The first-order valence-electron chi connectivity index (χ1n) is 33.3. The summed E-state index contributed by atoms with van der Waals surface area (Å²) in [5.41, 5.74) is 16.4. The van der Waals surface area contributed by atoms with Gasteiger partial charge in [0.05, 0.1) is 29.3 Å². The number of rotatable bonds is 1. The molecule has 452 valence electrons. The van der Waals surface area contributed by atoms with Gasteiger partial charge in [0.2, 0.25) is 16.9 Å². The molecule has 0 unspecified atom stereocenters. The first-order chi connectivity index (χ1) is 46.3. The molecule has 0 fully saturated rings. The fourth-order valence-electron chi connectivity index (χ4n) is 18.2. The van der Waals surface area contributed by atoms with Crippen molar-refractivity contribution >= 4 is 119 Å². The Labute approximate surface area is 549 Å². The van der Waals surface area contributed by atoms with Gasteiger partial charge in [-0.1, -0.05) is 217 Å². The van der Waals surface area contributed by atoms with E-state index in [0.29, 0.717) is 13.5 Å². The molecule has 0 radical (unpaired) electrons. The van der Waals surface area contributed by atoms with Gasteiger partial charge >= 0.3 is 0 Å². The van der Waals surface area contributed by atoms with E-state index in [1.807, 2.05) is 6.20 Å². The fraction of sp³-hybridized carbons (Fsp3) is 0.135. The molecule has 17 aromatic rings. The highest BCUT2D eigenvalue weighted by molar-refractivity contribution is 6.17. The number of ether oxygens (including phenoxy) is 3. The van der Waals surface area contributed by atoms with Gasteiger partial charge in [0.25, 0.3) is 13.5 Å². The summed E-state index contributed by atoms with van der Waals surface area (Å²) in [7, 11) is 1.77. The van der Waals surface area contributed by atoms with Crippen LogP contribution >= 0.6 is 0 Å². The van der Waals surface area contributed by atoms with Crippen LogP contribution < -0.4 is 23.3 Å². The number of hydrogen-bond acceptors (Lipinski definition) is 4. The Kier molecular flexibility index (Phi) is 11.0. The molecule has 0 saturated heterocycles. The second-order valence-electron chi connectivity index (χ2n) is 28.4. The quantitative estimate of drug-likeness (QED) is 0.0934. The summed E-state index contributed by atoms with van der Waals surface area (Å²) in [5.74, 6) is 2.93. The van der Waals surface area contributed by atoms with Crippen LogP contribution in [-0.2, 0) is 29.7 Å². The molecule has 0 bridgehead atoms. The zero-order valence-electron chi connectivity index (χ0n) is 54.1. The molecule has 0 amide bonds. The number of pyridine rings is 3. The van der Waals surface area contributed by atoms with Crippen LogP contribution in [0.2, 0.25) is 0 Å². The lowest BCUT2D eigenvalue weighted by atomic mass is 9.78. The first kappa shape index (κ1) is 54.4. The predicted molar refractivity (Wildman–Crippen MR) is 391 cm³/mol. The molecule has 0 spiro atoms. The number of aromatic nitrogens is 3. The van der Waals surface area contributed by atoms with E-state index in [4.69, 9.17) is 19.2 Å². The van der Waals surface area contributed by atoms with Gasteiger partial charge in [-0.2, -0.15) is 9.13 Å². The van der Waals surface area contributed by atoms with E-state index in [9.17, 15) is 0 Å². The van der Waals surface area contributed by atoms with E-state index in [2.05, 4.69) is 287 Å². The van der Waals surface area contributed by atoms with Crippen LogP contribution in [0.3, 0.4) is 0 Å². The van der Waals surface area contributed by atoms with Crippen molar-refractivity contribution in [3.8, 4) is 51.0 Å². The Morgan fingerprint density at radius 1 is 0.347 bits per heavy atom. The van der Waals surface area contributed by atoms with Crippen LogP contribution in [0, 0.1) is 0 Å². The monoisotopic (exact) mass is 1220 g/mol. The Morgan fingerprint density at radius 3 is 1.40 bits per heavy atom. The minimum absolute atomic E-state index is 0.0995. The normalized spacial score (nSPS) is 15.0. The Bertz CT molecular complexity index is 6330. The zero-order valence-corrected chi connectivity index (χ0v) is 54.1. The maximum atomic E-state index is 6.50. The lowest BCUT2D eigenvalue weighted by Gasteiger charge is -2.25. The molecule has 0 saturated carbocycles. The van der Waals surface area contributed by atoms with Crippen LogP contribution in [0.15, 0.2) is 243 Å². The molecule has 5 aliphatic rings. The molecule has 5 heterocycles. The molecule has 14 aromatic carbocycles. The highest BCUT2D eigenvalue weighted by Gasteiger charge is 2.50. The molecule has 6 nitrogen and oxygen atoms in total. The molecule has 0 N–H and O–H groups in total. The summed E-state index contributed by atoms with van der Waals surface area (Å²) in [6.07, 6.45) is 4.27. The molecule has 95 heavy (non-hydrogen) atoms. The van der Waals surface area contributed by atoms with Gasteiger partial charge < -0.3 is 14.2 Å². The van der Waals surface area contributed by atoms with Crippen molar-refractivity contribution < 1.29 is 23.3 Å². The Balaban J connectivity index is 0.0000000980. The van der Waals surface area contributed by atoms with Crippen LogP contribution in [0.25, 0.3) is 152 Å². The second-order valence-corrected chi connectivity index (χ2v) is 28.4. The SMILES string of the molecule is CC1(C)c2c3[n+](cc4ccccc24)COc2cc4c(ccc5ccccc54)c1c2-3.CC1(C)c2cc3c4ccccc4ccc3[n+]3c2-c2c(cc4c(ccc5ccccc54)c21)OC3.COc1cc2c(ccc3ccccc32)c2c1-c1ncc3cc4ccccc4cc3c1C2(C)C. The standard InChI is InChI=1S/C31H22NO.C31H23NO.C27H20NO/c1-31(2)25-15-24-21-10-6-4-8-19(21)12-14-26(24)32-17-33-27-16-23-20-9-5-3-7-18(20)11-13-22(23)29(31)28(27)30(25)32;1-31(2)28-23-13-12-18-8-6-7-11-22(18)25(23)16-26(33-3)27(28)30-29(31)24-15-20-10-5-4-9-19(20)14-21(24)17-32-30;1-27(2)24-20-12-11-16-7-3-5-9-18(16)21(20)13-22-23(24)26-25(27)19-10-6-4-8-17(19)14-28(26)15-29-22/h3-16H,17H2,1-2H3;4-17H,1-3H3;3-14H,15H2,1-2H3/q+1;;+1. The minimum atomic E-state index is -0.213. The molecule has 2 aliphatic heterocycles. The van der Waals surface area contributed by atoms with Gasteiger partial charge in [-0.3, -0.25) is 4.98 Å². The van der Waals surface area contributed by atoms with Crippen molar-refractivity contribution in [1.29, 1.82) is 0 Å². The van der Waals surface area contributed by atoms with Crippen molar-refractivity contribution in [2.45, 2.75) is 71.2 Å². The number of nitrogens with zero attached hydrogens (tertiary/aromatic N) is 3. The van der Waals surface area contributed by atoms with E-state index in [1.165, 1.54) is 175 Å². The van der Waals surface area contributed by atoms with Gasteiger partial charge in [0, 0.05) is 56.0 Å². The summed E-state index contributed by atoms with van der Waals surface area (Å²) in [6.45, 7) is 15.3. The van der Waals surface area contributed by atoms with E-state index < -0.39 is 0 Å². The molecule has 22 rings (SSSR count). The highest BCUT2D eigenvalue weighted by Crippen LogP contribution is 2.60. The van der Waals surface area contributed by atoms with Crippen molar-refractivity contribution in [2.24, 2.45) is 0 Å². The first-order valence-corrected chi connectivity index (χ1v) is 33.3. The second kappa shape index (κ2) is 19.2. The molecule has 6 heteroatoms. The number of benzene rings is 14. The smallest absolute Gasteiger partial charge is 0.293 e. The number of methoxy groups -OCH3 is 1. The summed E-state index contributed by atoms with van der Waals surface area (Å²) >= 11 is 0. The lowest BCUT2D eigenvalue weighted by molar-refractivity contribution is -0.716. The van der Waals surface area contributed by atoms with Gasteiger partial charge in [-0.05, 0) is 168 Å². The third kappa shape index (κ3) is 7.32. The third-order valence-corrected chi connectivity index (χ3v) is 22.3. The third-order valence-electron chi connectivity index (χ3n) is 22.3. The minimum Gasteiger partial charge on any atom is -0.496 e. The molecule has 3 aliphatic carbocycles. The predicted octanol–water partition coefficient (Wildman–Crippen LogP) is 21.3. The maximum Gasteiger partial charge on any atom is 0.293 e. The number of fused-ring (bicyclic) bond motifs is 24. The van der Waals surface area contributed by atoms with Gasteiger partial charge in [0.1, 0.15) is 17.2 Å². The summed E-state index contributed by atoms with van der Waals surface area (Å²) in [4.78, 5) is 5.03. The number of hydrogen-bond donors (Lipinski definition) is 0. The average molecular weight is 1220 g/mol. The highest BCUT2D eigenvalue weighted by atomic mass is 16.5. The zero-order chi connectivity index (χ0) is 63.5. The Morgan fingerprint density at radius 2 is 0.811 bits per heavy atom. The van der Waals surface area contributed by atoms with Crippen LogP contribution in [0.4, 0.5) is 0 Å². The maximum absolute atomic E-state index is 6.50. The van der Waals surface area contributed by atoms with E-state index in [1.54, 1.807) is 7.11 Å². The molecular weight excluding hydrogens is 1160 g/mol. The molecule has 3 aromatic heterocycles. The summed E-state index contributed by atoms with van der Waals surface area (Å²) in [6, 6.07) is 83.9. The van der Waals surface area contributed by atoms with Crippen LogP contribution in [0.5, 0.6) is 17.2 Å². The lowest BCUT2D eigenvalue weighted by Crippen LogP contribution is -2.42. The molecular formula is C89H65N3O3+2. The van der Waals surface area contributed by atoms with E-state index >= 15 is 0 Å². The Hall–Kier alpha value is -11.2. The average Bonchev–Trinajstić information content (AvgIpc) is 1.56. The fourth-order valence-corrected chi connectivity index (χ4v) is 18.2. The van der Waals surface area contributed by atoms with Gasteiger partial charge in [0.15, 0.2) is 6.20 Å². The van der Waals surface area contributed by atoms with Crippen molar-refractivity contribution in [3.63, 3.8) is 0 Å². The van der Waals surface area contributed by atoms with Gasteiger partial charge in [-0.25, -0.2) is 0 Å². The van der Waals surface area contributed by atoms with Crippen LogP contribution in [0.1, 0.15) is 74.9 Å². The molecule has 0 atom stereocenters. The van der Waals surface area contributed by atoms with E-state index in [0.717, 1.165) is 28.5 Å². The van der Waals surface area contributed by atoms with Crippen molar-refractivity contribution in [2.75, 3.05) is 7.11 Å². The summed E-state index contributed by atoms with van der Waals surface area (Å²) in [5, 5.41) is 26.8. The topological polar surface area (TPSA) is 48.3 Å². The largest absolute Gasteiger partial charge is 0.496 e. The van der Waals surface area contributed by atoms with Gasteiger partial charge in [-0.15, -0.1) is 0 Å². The van der Waals surface area contributed by atoms with E-state index in [-0.39, 0.29) is 16.2 Å².